The highest BCUT2D eigenvalue weighted by Gasteiger charge is 1.95. The highest BCUT2D eigenvalue weighted by molar-refractivity contribution is 7.96. The fraction of sp³-hybridized carbons (Fsp3) is 0.125. The zero-order valence-corrected chi connectivity index (χ0v) is 8.19. The van der Waals surface area contributed by atoms with Crippen molar-refractivity contribution in [2.24, 2.45) is 0 Å². The van der Waals surface area contributed by atoms with E-state index in [2.05, 4.69) is 12.6 Å². The molecule has 0 spiro atoms. The van der Waals surface area contributed by atoms with Gasteiger partial charge in [0.25, 0.3) is 0 Å². The van der Waals surface area contributed by atoms with Crippen molar-refractivity contribution in [3.63, 3.8) is 0 Å². The van der Waals surface area contributed by atoms with Crippen molar-refractivity contribution in [1.82, 2.24) is 0 Å². The van der Waals surface area contributed by atoms with Crippen LogP contribution in [-0.4, -0.2) is 5.30 Å². The van der Waals surface area contributed by atoms with Crippen LogP contribution in [-0.2, 0) is 0 Å². The molecule has 0 bridgehead atoms. The van der Waals surface area contributed by atoms with Gasteiger partial charge in [0.1, 0.15) is 5.75 Å². The Balaban J connectivity index is 0.00000121. The van der Waals surface area contributed by atoms with Crippen LogP contribution in [0, 0.1) is 6.92 Å². The molecule has 0 amide bonds. The Morgan fingerprint density at radius 1 is 1.33 bits per heavy atom. The summed E-state index contributed by atoms with van der Waals surface area (Å²) >= 11 is 3.47. The van der Waals surface area contributed by atoms with Crippen LogP contribution in [0.25, 0.3) is 0 Å². The first kappa shape index (κ1) is 11.3. The topological polar surface area (TPSA) is 26.3 Å². The molecule has 0 radical (unpaired) electrons. The van der Waals surface area contributed by atoms with Gasteiger partial charge in [0.05, 0.1) is 0 Å². The van der Waals surface area contributed by atoms with Crippen molar-refractivity contribution in [3.8, 4) is 5.75 Å². The van der Waals surface area contributed by atoms with Crippen LogP contribution < -0.4 is 4.74 Å². The van der Waals surface area contributed by atoms with Crippen LogP contribution in [0.1, 0.15) is 5.56 Å². The summed E-state index contributed by atoms with van der Waals surface area (Å²) in [6.45, 7) is 1.96. The van der Waals surface area contributed by atoms with E-state index in [9.17, 15) is 4.79 Å². The van der Waals surface area contributed by atoms with Crippen LogP contribution in [0.5, 0.6) is 5.75 Å². The average Bonchev–Trinajstić information content (AvgIpc) is 1.93. The van der Waals surface area contributed by atoms with Crippen molar-refractivity contribution in [2.75, 3.05) is 0 Å². The van der Waals surface area contributed by atoms with Gasteiger partial charge < -0.3 is 4.74 Å². The van der Waals surface area contributed by atoms with E-state index in [-0.39, 0.29) is 12.4 Å². The SMILES string of the molecule is Cc1ccc(OC(=O)S)cc1.Cl. The minimum atomic E-state index is -0.589. The molecule has 0 unspecified atom stereocenters. The van der Waals surface area contributed by atoms with Gasteiger partial charge in [-0.15, -0.1) is 12.4 Å². The minimum absolute atomic E-state index is 0. The van der Waals surface area contributed by atoms with E-state index in [0.717, 1.165) is 5.56 Å². The summed E-state index contributed by atoms with van der Waals surface area (Å²) < 4.78 is 4.69. The van der Waals surface area contributed by atoms with E-state index >= 15 is 0 Å². The normalized spacial score (nSPS) is 8.50. The predicted octanol–water partition coefficient (Wildman–Crippen LogP) is 2.85. The third kappa shape index (κ3) is 3.64. The van der Waals surface area contributed by atoms with Crippen molar-refractivity contribution in [2.45, 2.75) is 6.92 Å². The van der Waals surface area contributed by atoms with Gasteiger partial charge in [-0.25, -0.2) is 4.79 Å². The van der Waals surface area contributed by atoms with Gasteiger partial charge in [0.15, 0.2) is 0 Å². The van der Waals surface area contributed by atoms with E-state index in [1.54, 1.807) is 12.1 Å². The van der Waals surface area contributed by atoms with Gasteiger partial charge in [-0.3, -0.25) is 0 Å². The second-order valence-electron chi connectivity index (χ2n) is 2.18. The molecule has 0 aromatic heterocycles. The Bertz CT molecular complexity index is 258. The van der Waals surface area contributed by atoms with Crippen molar-refractivity contribution >= 4 is 30.3 Å². The fourth-order valence-electron chi connectivity index (χ4n) is 0.707. The third-order valence-corrected chi connectivity index (χ3v) is 1.32. The molecule has 0 aliphatic carbocycles. The number of carbonyl (C=O) groups excluding carboxylic acids is 1. The highest BCUT2D eigenvalue weighted by atomic mass is 35.5. The molecule has 0 atom stereocenters. The zero-order chi connectivity index (χ0) is 8.27. The zero-order valence-electron chi connectivity index (χ0n) is 6.48. The summed E-state index contributed by atoms with van der Waals surface area (Å²) in [5.74, 6) is 0.524. The monoisotopic (exact) mass is 204 g/mol. The standard InChI is InChI=1S/C8H8O2S.ClH/c1-6-2-4-7(5-3-6)10-8(9)11;/h2-5H,1H3,(H,9,11);1H. The molecule has 2 nitrogen and oxygen atoms in total. The van der Waals surface area contributed by atoms with Crippen LogP contribution in [0.3, 0.4) is 0 Å². The molecule has 0 N–H and O–H groups in total. The number of carbonyl (C=O) groups is 1. The molecule has 0 saturated carbocycles. The van der Waals surface area contributed by atoms with Gasteiger partial charge in [0, 0.05) is 0 Å². The molecular formula is C8H9ClO2S. The predicted molar refractivity (Wildman–Crippen MR) is 53.4 cm³/mol. The van der Waals surface area contributed by atoms with Crippen LogP contribution in [0.4, 0.5) is 4.79 Å². The number of rotatable bonds is 1. The van der Waals surface area contributed by atoms with Crippen LogP contribution in [0.2, 0.25) is 0 Å². The summed E-state index contributed by atoms with van der Waals surface area (Å²) in [5.41, 5.74) is 1.13. The Morgan fingerprint density at radius 3 is 2.25 bits per heavy atom. The van der Waals surface area contributed by atoms with E-state index in [4.69, 9.17) is 4.74 Å². The summed E-state index contributed by atoms with van der Waals surface area (Å²) in [6.07, 6.45) is 0. The smallest absolute Gasteiger partial charge is 0.369 e. The third-order valence-electron chi connectivity index (χ3n) is 1.23. The molecule has 1 aromatic rings. The van der Waals surface area contributed by atoms with Gasteiger partial charge in [-0.05, 0) is 19.1 Å². The quantitative estimate of drug-likeness (QED) is 0.563. The molecule has 1 aromatic carbocycles. The maximum absolute atomic E-state index is 10.3. The van der Waals surface area contributed by atoms with E-state index in [1.807, 2.05) is 19.1 Å². The number of benzene rings is 1. The Hall–Kier alpha value is -0.670. The van der Waals surface area contributed by atoms with E-state index in [0.29, 0.717) is 5.75 Å². The molecule has 12 heavy (non-hydrogen) atoms. The highest BCUT2D eigenvalue weighted by Crippen LogP contribution is 2.12. The van der Waals surface area contributed by atoms with Crippen LogP contribution >= 0.6 is 25.0 Å². The first-order valence-corrected chi connectivity index (χ1v) is 3.60. The minimum Gasteiger partial charge on any atom is -0.419 e. The lowest BCUT2D eigenvalue weighted by Gasteiger charge is -1.98. The number of ether oxygens (including phenoxy) is 1. The number of thiol groups is 1. The molecule has 0 aliphatic rings. The Kier molecular flexibility index (Phi) is 4.78. The van der Waals surface area contributed by atoms with Gasteiger partial charge in [0.2, 0.25) is 0 Å². The maximum Gasteiger partial charge on any atom is 0.369 e. The molecule has 0 fully saturated rings. The molecule has 1 rings (SSSR count). The molecule has 0 saturated heterocycles. The van der Waals surface area contributed by atoms with Crippen molar-refractivity contribution in [1.29, 1.82) is 0 Å². The molecule has 0 heterocycles. The fourth-order valence-corrected chi connectivity index (χ4v) is 0.813. The lowest BCUT2D eigenvalue weighted by atomic mass is 10.2. The lowest BCUT2D eigenvalue weighted by Crippen LogP contribution is -1.95. The number of hydrogen-bond acceptors (Lipinski definition) is 2. The summed E-state index contributed by atoms with van der Waals surface area (Å²) in [4.78, 5) is 10.3. The lowest BCUT2D eigenvalue weighted by molar-refractivity contribution is 0.227. The molecule has 66 valence electrons. The number of aryl methyl sites for hydroxylation is 1. The second-order valence-corrected chi connectivity index (χ2v) is 2.55. The maximum atomic E-state index is 10.3. The van der Waals surface area contributed by atoms with Crippen LogP contribution in [0.15, 0.2) is 24.3 Å². The van der Waals surface area contributed by atoms with Crippen molar-refractivity contribution < 1.29 is 9.53 Å². The number of halogens is 1. The van der Waals surface area contributed by atoms with Crippen molar-refractivity contribution in [3.05, 3.63) is 29.8 Å². The largest absolute Gasteiger partial charge is 0.419 e. The Labute approximate surface area is 82.7 Å². The second kappa shape index (κ2) is 5.06. The summed E-state index contributed by atoms with van der Waals surface area (Å²) in [7, 11) is 0. The first-order valence-electron chi connectivity index (χ1n) is 3.16. The molecular weight excluding hydrogens is 196 g/mol. The number of hydrogen-bond donors (Lipinski definition) is 1. The Morgan fingerprint density at radius 2 is 1.83 bits per heavy atom. The molecule has 0 aliphatic heterocycles. The van der Waals surface area contributed by atoms with E-state index < -0.39 is 5.30 Å². The summed E-state index contributed by atoms with van der Waals surface area (Å²) in [5, 5.41) is -0.589. The van der Waals surface area contributed by atoms with Gasteiger partial charge in [-0.1, -0.05) is 30.3 Å². The molecule has 4 heteroatoms. The first-order chi connectivity index (χ1) is 5.18. The summed E-state index contributed by atoms with van der Waals surface area (Å²) in [6, 6.07) is 7.19. The van der Waals surface area contributed by atoms with Gasteiger partial charge in [-0.2, -0.15) is 0 Å². The van der Waals surface area contributed by atoms with E-state index in [1.165, 1.54) is 0 Å². The average molecular weight is 205 g/mol. The van der Waals surface area contributed by atoms with Gasteiger partial charge >= 0.3 is 5.30 Å².